The molecular formula is C20H30ClNO2. The van der Waals surface area contributed by atoms with Crippen LogP contribution >= 0.6 is 0 Å². The predicted molar refractivity (Wildman–Crippen MR) is 94.1 cm³/mol. The van der Waals surface area contributed by atoms with E-state index in [1.165, 1.54) is 30.4 Å². The monoisotopic (exact) mass is 351 g/mol. The SMILES string of the molecule is CCOC(=O)C[N+]1(C/C=C(\C)Cc2ccccc2)CCCCC1.[Cl-]. The highest BCUT2D eigenvalue weighted by molar-refractivity contribution is 5.70. The van der Waals surface area contributed by atoms with Crippen molar-refractivity contribution in [3.63, 3.8) is 0 Å². The van der Waals surface area contributed by atoms with E-state index in [1.54, 1.807) is 0 Å². The number of ether oxygens (including phenoxy) is 1. The van der Waals surface area contributed by atoms with E-state index in [0.29, 0.717) is 13.2 Å². The summed E-state index contributed by atoms with van der Waals surface area (Å²) in [6, 6.07) is 10.6. The second kappa shape index (κ2) is 10.5. The van der Waals surface area contributed by atoms with Crippen LogP contribution < -0.4 is 12.4 Å². The zero-order chi connectivity index (χ0) is 16.5. The first-order valence-corrected chi connectivity index (χ1v) is 8.84. The Labute approximate surface area is 152 Å². The molecule has 0 aliphatic carbocycles. The first-order chi connectivity index (χ1) is 11.1. The number of esters is 1. The maximum Gasteiger partial charge on any atom is 0.361 e. The molecule has 0 atom stereocenters. The number of hydrogen-bond donors (Lipinski definition) is 0. The Balaban J connectivity index is 0.00000288. The van der Waals surface area contributed by atoms with Crippen molar-refractivity contribution in [2.24, 2.45) is 0 Å². The minimum Gasteiger partial charge on any atom is -1.00 e. The molecule has 1 aliphatic rings. The van der Waals surface area contributed by atoms with E-state index in [1.807, 2.05) is 6.92 Å². The van der Waals surface area contributed by atoms with E-state index in [-0.39, 0.29) is 18.4 Å². The summed E-state index contributed by atoms with van der Waals surface area (Å²) in [5.41, 5.74) is 2.72. The Morgan fingerprint density at radius 3 is 2.46 bits per heavy atom. The Hall–Kier alpha value is -1.32. The summed E-state index contributed by atoms with van der Waals surface area (Å²) in [6.45, 7) is 8.18. The minimum atomic E-state index is -0.0523. The maximum atomic E-state index is 12.0. The molecular weight excluding hydrogens is 322 g/mol. The fourth-order valence-corrected chi connectivity index (χ4v) is 3.41. The lowest BCUT2D eigenvalue weighted by Crippen LogP contribution is -3.00. The van der Waals surface area contributed by atoms with Gasteiger partial charge in [0.05, 0.1) is 26.2 Å². The molecule has 4 heteroatoms. The number of allylic oxidation sites excluding steroid dienone is 1. The molecule has 3 nitrogen and oxygen atoms in total. The number of nitrogens with zero attached hydrogens (tertiary/aromatic N) is 1. The van der Waals surface area contributed by atoms with Crippen molar-refractivity contribution in [1.29, 1.82) is 0 Å². The third kappa shape index (κ3) is 6.66. The van der Waals surface area contributed by atoms with Gasteiger partial charge in [-0.3, -0.25) is 0 Å². The van der Waals surface area contributed by atoms with Gasteiger partial charge in [0.2, 0.25) is 0 Å². The normalized spacial score (nSPS) is 17.0. The molecule has 134 valence electrons. The summed E-state index contributed by atoms with van der Waals surface area (Å²) in [6.07, 6.45) is 7.03. The molecule has 0 radical (unpaired) electrons. The number of carbonyl (C=O) groups is 1. The van der Waals surface area contributed by atoms with Gasteiger partial charge in [0, 0.05) is 0 Å². The van der Waals surface area contributed by atoms with Crippen LogP contribution in [0.2, 0.25) is 0 Å². The minimum absolute atomic E-state index is 0. The number of carbonyl (C=O) groups excluding carboxylic acids is 1. The van der Waals surface area contributed by atoms with E-state index >= 15 is 0 Å². The number of benzene rings is 1. The third-order valence-electron chi connectivity index (χ3n) is 4.69. The molecule has 1 aromatic rings. The van der Waals surface area contributed by atoms with Gasteiger partial charge in [-0.05, 0) is 51.2 Å². The van der Waals surface area contributed by atoms with Crippen molar-refractivity contribution in [3.8, 4) is 0 Å². The Kier molecular flexibility index (Phi) is 9.09. The molecule has 1 heterocycles. The summed E-state index contributed by atoms with van der Waals surface area (Å²) >= 11 is 0. The molecule has 1 aliphatic heterocycles. The van der Waals surface area contributed by atoms with Gasteiger partial charge in [0.15, 0.2) is 6.54 Å². The lowest BCUT2D eigenvalue weighted by Gasteiger charge is -2.40. The van der Waals surface area contributed by atoms with E-state index in [0.717, 1.165) is 30.5 Å². The summed E-state index contributed by atoms with van der Waals surface area (Å²) in [4.78, 5) is 12.0. The van der Waals surface area contributed by atoms with Crippen LogP contribution in [0.4, 0.5) is 0 Å². The van der Waals surface area contributed by atoms with Gasteiger partial charge >= 0.3 is 5.97 Å². The maximum absolute atomic E-state index is 12.0. The van der Waals surface area contributed by atoms with E-state index in [2.05, 4.69) is 43.3 Å². The molecule has 2 rings (SSSR count). The Morgan fingerprint density at radius 2 is 1.83 bits per heavy atom. The van der Waals surface area contributed by atoms with Crippen LogP contribution in [0.15, 0.2) is 42.0 Å². The van der Waals surface area contributed by atoms with Gasteiger partial charge in [-0.2, -0.15) is 0 Å². The van der Waals surface area contributed by atoms with Gasteiger partial charge < -0.3 is 21.6 Å². The first kappa shape index (κ1) is 20.7. The molecule has 0 aromatic heterocycles. The average molecular weight is 352 g/mol. The Bertz CT molecular complexity index is 522. The van der Waals surface area contributed by atoms with E-state index in [9.17, 15) is 4.79 Å². The second-order valence-corrected chi connectivity index (χ2v) is 6.71. The number of piperidine rings is 1. The number of rotatable bonds is 7. The quantitative estimate of drug-likeness (QED) is 0.411. The van der Waals surface area contributed by atoms with E-state index in [4.69, 9.17) is 4.74 Å². The number of likely N-dealkylation sites (tertiary alicyclic amines) is 1. The van der Waals surface area contributed by atoms with Crippen molar-refractivity contribution >= 4 is 5.97 Å². The molecule has 1 saturated heterocycles. The molecule has 1 aromatic carbocycles. The molecule has 0 N–H and O–H groups in total. The van der Waals surface area contributed by atoms with Crippen LogP contribution in [0, 0.1) is 0 Å². The highest BCUT2D eigenvalue weighted by atomic mass is 35.5. The van der Waals surface area contributed by atoms with Crippen LogP contribution in [0.3, 0.4) is 0 Å². The summed E-state index contributed by atoms with van der Waals surface area (Å²) < 4.78 is 6.06. The standard InChI is InChI=1S/C20H30NO2.ClH/c1-3-23-20(22)17-21(13-8-5-9-14-21)15-12-18(2)16-19-10-6-4-7-11-19;/h4,6-7,10-12H,3,5,8-9,13-17H2,1-2H3;1H/q+1;/p-1/b18-12+;. The molecule has 0 bridgehead atoms. The smallest absolute Gasteiger partial charge is 0.361 e. The fourth-order valence-electron chi connectivity index (χ4n) is 3.41. The number of hydrogen-bond acceptors (Lipinski definition) is 2. The summed E-state index contributed by atoms with van der Waals surface area (Å²) in [5, 5.41) is 0. The molecule has 0 unspecified atom stereocenters. The van der Waals surface area contributed by atoms with Crippen molar-refractivity contribution in [3.05, 3.63) is 47.5 Å². The van der Waals surface area contributed by atoms with Gasteiger partial charge in [-0.15, -0.1) is 0 Å². The van der Waals surface area contributed by atoms with Crippen LogP contribution in [0.5, 0.6) is 0 Å². The van der Waals surface area contributed by atoms with Crippen molar-refractivity contribution in [2.45, 2.75) is 39.5 Å². The van der Waals surface area contributed by atoms with Crippen LogP contribution in [0.1, 0.15) is 38.7 Å². The summed E-state index contributed by atoms with van der Waals surface area (Å²) in [7, 11) is 0. The van der Waals surface area contributed by atoms with Gasteiger partial charge in [-0.25, -0.2) is 4.79 Å². The molecule has 0 spiro atoms. The zero-order valence-electron chi connectivity index (χ0n) is 15.0. The van der Waals surface area contributed by atoms with Gasteiger partial charge in [0.25, 0.3) is 0 Å². The van der Waals surface area contributed by atoms with Crippen LogP contribution in [-0.4, -0.2) is 43.2 Å². The lowest BCUT2D eigenvalue weighted by atomic mass is 10.0. The second-order valence-electron chi connectivity index (χ2n) is 6.71. The predicted octanol–water partition coefficient (Wildman–Crippen LogP) is 0.743. The number of quaternary nitrogens is 1. The van der Waals surface area contributed by atoms with Crippen molar-refractivity contribution < 1.29 is 26.4 Å². The van der Waals surface area contributed by atoms with Gasteiger partial charge in [0.1, 0.15) is 0 Å². The van der Waals surface area contributed by atoms with Crippen molar-refractivity contribution in [2.75, 3.05) is 32.8 Å². The lowest BCUT2D eigenvalue weighted by molar-refractivity contribution is -0.920. The zero-order valence-corrected chi connectivity index (χ0v) is 15.7. The third-order valence-corrected chi connectivity index (χ3v) is 4.69. The molecule has 0 saturated carbocycles. The first-order valence-electron chi connectivity index (χ1n) is 8.84. The Morgan fingerprint density at radius 1 is 1.17 bits per heavy atom. The van der Waals surface area contributed by atoms with Crippen LogP contribution in [0.25, 0.3) is 0 Å². The molecule has 1 fully saturated rings. The van der Waals surface area contributed by atoms with Gasteiger partial charge in [-0.1, -0.05) is 35.9 Å². The van der Waals surface area contributed by atoms with E-state index < -0.39 is 0 Å². The molecule has 24 heavy (non-hydrogen) atoms. The average Bonchev–Trinajstić information content (AvgIpc) is 2.55. The van der Waals surface area contributed by atoms with Crippen LogP contribution in [-0.2, 0) is 16.0 Å². The number of halogens is 1. The topological polar surface area (TPSA) is 26.3 Å². The van der Waals surface area contributed by atoms with Crippen molar-refractivity contribution in [1.82, 2.24) is 0 Å². The fraction of sp³-hybridized carbons (Fsp3) is 0.550. The highest BCUT2D eigenvalue weighted by Crippen LogP contribution is 2.20. The summed E-state index contributed by atoms with van der Waals surface area (Å²) in [5.74, 6) is -0.0523. The molecule has 0 amide bonds. The highest BCUT2D eigenvalue weighted by Gasteiger charge is 2.32. The largest absolute Gasteiger partial charge is 1.00 e.